The summed E-state index contributed by atoms with van der Waals surface area (Å²) in [5.74, 6) is 0.537. The van der Waals surface area contributed by atoms with Crippen molar-refractivity contribution in [2.24, 2.45) is 11.0 Å². The summed E-state index contributed by atoms with van der Waals surface area (Å²) in [6.07, 6.45) is 3.62. The summed E-state index contributed by atoms with van der Waals surface area (Å²) < 4.78 is 6.06. The molecule has 1 aromatic carbocycles. The average Bonchev–Trinajstić information content (AvgIpc) is 3.37. The van der Waals surface area contributed by atoms with Crippen LogP contribution in [0.1, 0.15) is 41.5 Å². The number of nitrogen functional groups attached to an aromatic ring is 1. The maximum atomic E-state index is 12.8. The number of aromatic nitrogens is 5. The third-order valence-electron chi connectivity index (χ3n) is 5.20. The van der Waals surface area contributed by atoms with Gasteiger partial charge in [0.15, 0.2) is 5.69 Å². The topological polar surface area (TPSA) is 161 Å². The SMILES string of the molecule is CC1CCN(Cc2c(C(=O)N/N=C/c3ccc(O)cc3)nnn2-c2nonc2N)CC1. The monoisotopic (exact) mass is 425 g/mol. The molecule has 0 saturated carbocycles. The first-order chi connectivity index (χ1) is 15.0. The van der Waals surface area contributed by atoms with Crippen LogP contribution in [0.3, 0.4) is 0 Å². The molecule has 12 heteroatoms. The van der Waals surface area contributed by atoms with Crippen molar-refractivity contribution < 1.29 is 14.5 Å². The number of hydrogen-bond donors (Lipinski definition) is 3. The molecule has 12 nitrogen and oxygen atoms in total. The molecule has 4 N–H and O–H groups in total. The van der Waals surface area contributed by atoms with Gasteiger partial charge in [0, 0.05) is 6.54 Å². The van der Waals surface area contributed by atoms with Gasteiger partial charge in [0.25, 0.3) is 5.91 Å². The summed E-state index contributed by atoms with van der Waals surface area (Å²) in [4.78, 5) is 15.0. The smallest absolute Gasteiger partial charge is 0.293 e. The molecule has 162 valence electrons. The number of nitrogens with zero attached hydrogens (tertiary/aromatic N) is 7. The highest BCUT2D eigenvalue weighted by Crippen LogP contribution is 2.21. The number of aromatic hydroxyl groups is 1. The summed E-state index contributed by atoms with van der Waals surface area (Å²) in [5.41, 5.74) is 9.64. The van der Waals surface area contributed by atoms with E-state index in [4.69, 9.17) is 5.73 Å². The number of hydrogen-bond acceptors (Lipinski definition) is 10. The third-order valence-corrected chi connectivity index (χ3v) is 5.20. The molecule has 0 atom stereocenters. The van der Waals surface area contributed by atoms with Crippen LogP contribution in [0.15, 0.2) is 34.0 Å². The molecule has 3 aromatic rings. The van der Waals surface area contributed by atoms with Gasteiger partial charge in [-0.25, -0.2) is 10.1 Å². The largest absolute Gasteiger partial charge is 0.508 e. The molecule has 0 bridgehead atoms. The molecule has 0 spiro atoms. The molecule has 31 heavy (non-hydrogen) atoms. The van der Waals surface area contributed by atoms with E-state index in [0.717, 1.165) is 25.9 Å². The summed E-state index contributed by atoms with van der Waals surface area (Å²) in [7, 11) is 0. The number of carbonyl (C=O) groups is 1. The number of amides is 1. The van der Waals surface area contributed by atoms with Crippen molar-refractivity contribution in [3.8, 4) is 11.6 Å². The van der Waals surface area contributed by atoms with Crippen LogP contribution in [-0.4, -0.2) is 60.5 Å². The number of likely N-dealkylation sites (tertiary alicyclic amines) is 1. The van der Waals surface area contributed by atoms with Gasteiger partial charge < -0.3 is 10.8 Å². The fraction of sp³-hybridized carbons (Fsp3) is 0.368. The maximum absolute atomic E-state index is 12.8. The summed E-state index contributed by atoms with van der Waals surface area (Å²) in [6.45, 7) is 4.48. The fourth-order valence-electron chi connectivity index (χ4n) is 3.34. The lowest BCUT2D eigenvalue weighted by molar-refractivity contribution is 0.0947. The van der Waals surface area contributed by atoms with Crippen LogP contribution in [0.4, 0.5) is 5.82 Å². The Labute approximate surface area is 177 Å². The molecule has 0 aliphatic carbocycles. The number of rotatable bonds is 6. The molecule has 0 radical (unpaired) electrons. The van der Waals surface area contributed by atoms with Gasteiger partial charge in [0.05, 0.1) is 11.9 Å². The van der Waals surface area contributed by atoms with Gasteiger partial charge in [-0.3, -0.25) is 9.69 Å². The van der Waals surface area contributed by atoms with Crippen molar-refractivity contribution in [3.05, 3.63) is 41.2 Å². The van der Waals surface area contributed by atoms with Crippen molar-refractivity contribution >= 4 is 17.9 Å². The Morgan fingerprint density at radius 3 is 2.74 bits per heavy atom. The number of nitrogens with one attached hydrogen (secondary N) is 1. The van der Waals surface area contributed by atoms with Gasteiger partial charge in [-0.1, -0.05) is 12.1 Å². The quantitative estimate of drug-likeness (QED) is 0.385. The highest BCUT2D eigenvalue weighted by Gasteiger charge is 2.26. The van der Waals surface area contributed by atoms with Crippen molar-refractivity contribution in [1.82, 2.24) is 35.6 Å². The minimum atomic E-state index is -0.517. The van der Waals surface area contributed by atoms with Crippen molar-refractivity contribution in [1.29, 1.82) is 0 Å². The molecule has 1 aliphatic rings. The molecule has 4 rings (SSSR count). The lowest BCUT2D eigenvalue weighted by Gasteiger charge is -2.30. The van der Waals surface area contributed by atoms with E-state index in [0.29, 0.717) is 23.7 Å². The van der Waals surface area contributed by atoms with Crippen LogP contribution < -0.4 is 11.2 Å². The molecule has 2 aromatic heterocycles. The van der Waals surface area contributed by atoms with E-state index in [9.17, 15) is 9.90 Å². The first-order valence-corrected chi connectivity index (χ1v) is 9.89. The fourth-order valence-corrected chi connectivity index (χ4v) is 3.34. The number of hydrazone groups is 1. The van der Waals surface area contributed by atoms with Gasteiger partial charge in [-0.15, -0.1) is 5.10 Å². The third kappa shape index (κ3) is 4.69. The van der Waals surface area contributed by atoms with Gasteiger partial charge in [0.2, 0.25) is 11.6 Å². The lowest BCUT2D eigenvalue weighted by atomic mass is 9.99. The Balaban J connectivity index is 1.55. The van der Waals surface area contributed by atoms with E-state index in [1.165, 1.54) is 23.0 Å². The molecular formula is C19H23N9O3. The Morgan fingerprint density at radius 2 is 2.06 bits per heavy atom. The highest BCUT2D eigenvalue weighted by molar-refractivity contribution is 5.94. The van der Waals surface area contributed by atoms with E-state index in [2.05, 4.69) is 47.6 Å². The van der Waals surface area contributed by atoms with E-state index >= 15 is 0 Å². The highest BCUT2D eigenvalue weighted by atomic mass is 16.6. The summed E-state index contributed by atoms with van der Waals surface area (Å²) in [6, 6.07) is 6.40. The zero-order chi connectivity index (χ0) is 21.8. The lowest BCUT2D eigenvalue weighted by Crippen LogP contribution is -2.34. The molecule has 1 aliphatic heterocycles. The maximum Gasteiger partial charge on any atom is 0.293 e. The van der Waals surface area contributed by atoms with Crippen molar-refractivity contribution in [2.75, 3.05) is 18.8 Å². The van der Waals surface area contributed by atoms with Crippen LogP contribution in [-0.2, 0) is 6.54 Å². The van der Waals surface area contributed by atoms with Crippen LogP contribution in [0.2, 0.25) is 0 Å². The average molecular weight is 425 g/mol. The van der Waals surface area contributed by atoms with Crippen LogP contribution in [0, 0.1) is 5.92 Å². The number of benzene rings is 1. The minimum Gasteiger partial charge on any atom is -0.508 e. The van der Waals surface area contributed by atoms with Gasteiger partial charge in [0.1, 0.15) is 5.75 Å². The van der Waals surface area contributed by atoms with Gasteiger partial charge in [-0.2, -0.15) is 9.78 Å². The molecule has 1 amide bonds. The number of carbonyl (C=O) groups excluding carboxylic acids is 1. The number of anilines is 1. The normalized spacial score (nSPS) is 15.5. The minimum absolute atomic E-state index is 0.0516. The van der Waals surface area contributed by atoms with E-state index in [-0.39, 0.29) is 23.1 Å². The molecule has 1 saturated heterocycles. The standard InChI is InChI=1S/C19H23N9O3/c1-12-6-8-27(9-7-12)11-15-16(22-26-28(15)18-17(20)24-31-25-18)19(30)23-21-10-13-2-4-14(29)5-3-13/h2-5,10,12,29H,6-9,11H2,1H3,(H2,20,24)(H,23,30)/b21-10+. The number of nitrogens with two attached hydrogens (primary N) is 1. The van der Waals surface area contributed by atoms with Gasteiger partial charge >= 0.3 is 0 Å². The first-order valence-electron chi connectivity index (χ1n) is 9.89. The van der Waals surface area contributed by atoms with Crippen LogP contribution in [0.25, 0.3) is 5.82 Å². The Morgan fingerprint density at radius 1 is 1.32 bits per heavy atom. The Kier molecular flexibility index (Phi) is 5.89. The number of phenolic OH excluding ortho intramolecular Hbond substituents is 1. The molecular weight excluding hydrogens is 402 g/mol. The summed E-state index contributed by atoms with van der Waals surface area (Å²) in [5, 5.41) is 28.8. The molecule has 1 fully saturated rings. The second kappa shape index (κ2) is 8.92. The second-order valence-electron chi connectivity index (χ2n) is 7.52. The number of piperidine rings is 1. The number of phenols is 1. The van der Waals surface area contributed by atoms with Crippen LogP contribution >= 0.6 is 0 Å². The summed E-state index contributed by atoms with van der Waals surface area (Å²) >= 11 is 0. The van der Waals surface area contributed by atoms with Crippen molar-refractivity contribution in [2.45, 2.75) is 26.3 Å². The molecule has 0 unspecified atom stereocenters. The van der Waals surface area contributed by atoms with E-state index < -0.39 is 5.91 Å². The van der Waals surface area contributed by atoms with E-state index in [1.807, 2.05) is 0 Å². The zero-order valence-corrected chi connectivity index (χ0v) is 17.0. The van der Waals surface area contributed by atoms with Crippen molar-refractivity contribution in [3.63, 3.8) is 0 Å². The Hall–Kier alpha value is -3.80. The predicted octanol–water partition coefficient (Wildman–Crippen LogP) is 0.934. The predicted molar refractivity (Wildman–Crippen MR) is 110 cm³/mol. The second-order valence-corrected chi connectivity index (χ2v) is 7.52. The van der Waals surface area contributed by atoms with E-state index in [1.54, 1.807) is 12.1 Å². The zero-order valence-electron chi connectivity index (χ0n) is 17.0. The van der Waals surface area contributed by atoms with Gasteiger partial charge in [-0.05, 0) is 72.0 Å². The Bertz CT molecular complexity index is 1070. The molecule has 3 heterocycles. The van der Waals surface area contributed by atoms with Crippen LogP contribution in [0.5, 0.6) is 5.75 Å². The first kappa shape index (κ1) is 20.5.